The third kappa shape index (κ3) is 6.28. The van der Waals surface area contributed by atoms with Gasteiger partial charge >= 0.3 is 5.97 Å². The first-order valence-electron chi connectivity index (χ1n) is 8.90. The van der Waals surface area contributed by atoms with Crippen LogP contribution in [0, 0.1) is 10.8 Å². The summed E-state index contributed by atoms with van der Waals surface area (Å²) in [6.45, 7) is 15.4. The number of aliphatic carboxylic acids is 1. The predicted octanol–water partition coefficient (Wildman–Crippen LogP) is 5.67. The standard InChI is InChI=1S/C19H38O3/c1-8-12-18(6,7)19(16(20)21,22-15-9-2)14-11-10-13-17(3,4)5/h8-15H2,1-7H3,(H,20,21). The molecular formula is C19H38O3. The van der Waals surface area contributed by atoms with Gasteiger partial charge in [-0.2, -0.15) is 0 Å². The van der Waals surface area contributed by atoms with E-state index >= 15 is 0 Å². The molecule has 0 bridgehead atoms. The molecule has 1 unspecified atom stereocenters. The van der Waals surface area contributed by atoms with Gasteiger partial charge in [0, 0.05) is 12.0 Å². The Bertz CT molecular complexity index is 328. The van der Waals surface area contributed by atoms with Gasteiger partial charge in [0.15, 0.2) is 5.60 Å². The SMILES string of the molecule is CCCOC(CCCCC(C)(C)C)(C(=O)O)C(C)(C)CCC. The van der Waals surface area contributed by atoms with Crippen molar-refractivity contribution in [3.63, 3.8) is 0 Å². The van der Waals surface area contributed by atoms with Crippen LogP contribution in [0.5, 0.6) is 0 Å². The predicted molar refractivity (Wildman–Crippen MR) is 93.2 cm³/mol. The second kappa shape index (κ2) is 8.90. The van der Waals surface area contributed by atoms with Crippen LogP contribution in [0.15, 0.2) is 0 Å². The number of rotatable bonds is 11. The van der Waals surface area contributed by atoms with Gasteiger partial charge in [0.2, 0.25) is 0 Å². The average molecular weight is 315 g/mol. The zero-order chi connectivity index (χ0) is 17.4. The molecule has 3 heteroatoms. The summed E-state index contributed by atoms with van der Waals surface area (Å²) in [7, 11) is 0. The number of carboxylic acids is 1. The van der Waals surface area contributed by atoms with Gasteiger partial charge in [0.05, 0.1) is 0 Å². The molecule has 132 valence electrons. The van der Waals surface area contributed by atoms with Gasteiger partial charge in [-0.3, -0.25) is 0 Å². The third-order valence-electron chi connectivity index (χ3n) is 4.57. The summed E-state index contributed by atoms with van der Waals surface area (Å²) in [5.41, 5.74) is -1.11. The fraction of sp³-hybridized carbons (Fsp3) is 0.947. The van der Waals surface area contributed by atoms with E-state index in [0.717, 1.165) is 38.5 Å². The molecule has 0 aliphatic rings. The zero-order valence-corrected chi connectivity index (χ0v) is 15.9. The third-order valence-corrected chi connectivity index (χ3v) is 4.57. The van der Waals surface area contributed by atoms with Gasteiger partial charge < -0.3 is 9.84 Å². The highest BCUT2D eigenvalue weighted by Gasteiger charge is 2.51. The molecule has 0 heterocycles. The highest BCUT2D eigenvalue weighted by atomic mass is 16.5. The van der Waals surface area contributed by atoms with E-state index in [4.69, 9.17) is 4.74 Å². The van der Waals surface area contributed by atoms with Gasteiger partial charge in [-0.25, -0.2) is 4.79 Å². The van der Waals surface area contributed by atoms with Gasteiger partial charge in [-0.1, -0.05) is 61.3 Å². The van der Waals surface area contributed by atoms with Crippen molar-refractivity contribution in [3.05, 3.63) is 0 Å². The molecule has 3 nitrogen and oxygen atoms in total. The highest BCUT2D eigenvalue weighted by Crippen LogP contribution is 2.43. The highest BCUT2D eigenvalue weighted by molar-refractivity contribution is 5.78. The second-order valence-corrected chi connectivity index (χ2v) is 8.38. The molecule has 0 rings (SSSR count). The van der Waals surface area contributed by atoms with Gasteiger partial charge in [-0.05, 0) is 37.5 Å². The van der Waals surface area contributed by atoms with Crippen LogP contribution in [-0.2, 0) is 9.53 Å². The first-order chi connectivity index (χ1) is 10.0. The molecule has 0 aromatic rings. The van der Waals surface area contributed by atoms with E-state index in [-0.39, 0.29) is 5.41 Å². The topological polar surface area (TPSA) is 46.5 Å². The quantitative estimate of drug-likeness (QED) is 0.500. The van der Waals surface area contributed by atoms with E-state index in [1.807, 2.05) is 20.8 Å². The van der Waals surface area contributed by atoms with Crippen molar-refractivity contribution in [2.45, 2.75) is 99.0 Å². The summed E-state index contributed by atoms with van der Waals surface area (Å²) in [5, 5.41) is 9.95. The van der Waals surface area contributed by atoms with Crippen molar-refractivity contribution in [1.82, 2.24) is 0 Å². The van der Waals surface area contributed by atoms with Gasteiger partial charge in [-0.15, -0.1) is 0 Å². The van der Waals surface area contributed by atoms with Crippen LogP contribution in [0.25, 0.3) is 0 Å². The molecule has 0 aromatic heterocycles. The van der Waals surface area contributed by atoms with Crippen molar-refractivity contribution < 1.29 is 14.6 Å². The van der Waals surface area contributed by atoms with Crippen LogP contribution in [-0.4, -0.2) is 23.3 Å². The molecule has 0 radical (unpaired) electrons. The lowest BCUT2D eigenvalue weighted by Crippen LogP contribution is -2.53. The van der Waals surface area contributed by atoms with Crippen LogP contribution in [0.1, 0.15) is 93.4 Å². The maximum atomic E-state index is 12.1. The summed E-state index contributed by atoms with van der Waals surface area (Å²) in [6.07, 6.45) is 6.35. The van der Waals surface area contributed by atoms with Gasteiger partial charge in [0.1, 0.15) is 0 Å². The lowest BCUT2D eigenvalue weighted by atomic mass is 9.69. The fourth-order valence-corrected chi connectivity index (χ4v) is 3.20. The minimum Gasteiger partial charge on any atom is -0.479 e. The molecule has 0 aliphatic heterocycles. The number of carbonyl (C=O) groups is 1. The van der Waals surface area contributed by atoms with Crippen molar-refractivity contribution >= 4 is 5.97 Å². The van der Waals surface area contributed by atoms with Crippen molar-refractivity contribution in [3.8, 4) is 0 Å². The van der Waals surface area contributed by atoms with E-state index in [0.29, 0.717) is 18.4 Å². The smallest absolute Gasteiger partial charge is 0.336 e. The van der Waals surface area contributed by atoms with Crippen LogP contribution in [0.3, 0.4) is 0 Å². The molecule has 0 aromatic carbocycles. The Kier molecular flexibility index (Phi) is 8.67. The molecule has 0 saturated heterocycles. The molecule has 22 heavy (non-hydrogen) atoms. The Labute approximate surface area is 137 Å². The Morgan fingerprint density at radius 1 is 0.909 bits per heavy atom. The van der Waals surface area contributed by atoms with Gasteiger partial charge in [0.25, 0.3) is 0 Å². The fourth-order valence-electron chi connectivity index (χ4n) is 3.20. The molecule has 0 saturated carbocycles. The van der Waals surface area contributed by atoms with E-state index in [1.165, 1.54) is 0 Å². The Balaban J connectivity index is 5.08. The van der Waals surface area contributed by atoms with Crippen LogP contribution >= 0.6 is 0 Å². The lowest BCUT2D eigenvalue weighted by Gasteiger charge is -2.43. The number of hydrogen-bond donors (Lipinski definition) is 1. The monoisotopic (exact) mass is 314 g/mol. The molecule has 0 amide bonds. The maximum absolute atomic E-state index is 12.1. The molecule has 1 atom stereocenters. The first kappa shape index (κ1) is 21.4. The van der Waals surface area contributed by atoms with Crippen LogP contribution < -0.4 is 0 Å². The maximum Gasteiger partial charge on any atom is 0.336 e. The van der Waals surface area contributed by atoms with Crippen molar-refractivity contribution in [1.29, 1.82) is 0 Å². The zero-order valence-electron chi connectivity index (χ0n) is 15.9. The molecular weight excluding hydrogens is 276 g/mol. The minimum atomic E-state index is -1.06. The average Bonchev–Trinajstić information content (AvgIpc) is 2.36. The second-order valence-electron chi connectivity index (χ2n) is 8.38. The largest absolute Gasteiger partial charge is 0.479 e. The lowest BCUT2D eigenvalue weighted by molar-refractivity contribution is -0.189. The van der Waals surface area contributed by atoms with Crippen molar-refractivity contribution in [2.75, 3.05) is 6.61 Å². The van der Waals surface area contributed by atoms with E-state index in [1.54, 1.807) is 0 Å². The van der Waals surface area contributed by atoms with E-state index < -0.39 is 11.6 Å². The van der Waals surface area contributed by atoms with Crippen molar-refractivity contribution in [2.24, 2.45) is 10.8 Å². The first-order valence-corrected chi connectivity index (χ1v) is 8.90. The summed E-state index contributed by atoms with van der Waals surface area (Å²) >= 11 is 0. The molecule has 0 aliphatic carbocycles. The van der Waals surface area contributed by atoms with E-state index in [2.05, 4.69) is 27.7 Å². The number of carboxylic acid groups (broad SMARTS) is 1. The number of ether oxygens (including phenoxy) is 1. The summed E-state index contributed by atoms with van der Waals surface area (Å²) in [6, 6.07) is 0. The van der Waals surface area contributed by atoms with Crippen LogP contribution in [0.4, 0.5) is 0 Å². The number of unbranched alkanes of at least 4 members (excludes halogenated alkanes) is 1. The van der Waals surface area contributed by atoms with Crippen LogP contribution in [0.2, 0.25) is 0 Å². The summed E-state index contributed by atoms with van der Waals surface area (Å²) in [4.78, 5) is 12.1. The molecule has 1 N–H and O–H groups in total. The number of hydrogen-bond acceptors (Lipinski definition) is 2. The molecule has 0 fully saturated rings. The molecule has 0 spiro atoms. The Hall–Kier alpha value is -0.570. The van der Waals surface area contributed by atoms with E-state index in [9.17, 15) is 9.90 Å². The minimum absolute atomic E-state index is 0.301. The summed E-state index contributed by atoms with van der Waals surface area (Å²) in [5.74, 6) is -0.796. The Morgan fingerprint density at radius 3 is 1.86 bits per heavy atom. The summed E-state index contributed by atoms with van der Waals surface area (Å²) < 4.78 is 5.99. The Morgan fingerprint density at radius 2 is 1.45 bits per heavy atom. The normalized spacial score (nSPS) is 15.6.